The van der Waals surface area contributed by atoms with E-state index in [2.05, 4.69) is 91.7 Å². The fraction of sp³-hybridized carbons (Fsp3) is 0.714. The molecular formula is C28H50N2Si2. The number of allylic oxidation sites excluding steroid dienone is 8. The van der Waals surface area contributed by atoms with Gasteiger partial charge in [0.1, 0.15) is 17.9 Å². The van der Waals surface area contributed by atoms with Crippen LogP contribution in [0.1, 0.15) is 81.1 Å². The van der Waals surface area contributed by atoms with E-state index in [9.17, 15) is 0 Å². The minimum Gasteiger partial charge on any atom is -0.323 e. The van der Waals surface area contributed by atoms with E-state index in [0.29, 0.717) is 11.8 Å². The Morgan fingerprint density at radius 1 is 0.562 bits per heavy atom. The predicted molar refractivity (Wildman–Crippen MR) is 148 cm³/mol. The molecule has 180 valence electrons. The van der Waals surface area contributed by atoms with Crippen molar-refractivity contribution < 1.29 is 0 Å². The van der Waals surface area contributed by atoms with Crippen molar-refractivity contribution in [3.63, 3.8) is 0 Å². The summed E-state index contributed by atoms with van der Waals surface area (Å²) in [6.07, 6.45) is 5.50. The summed E-state index contributed by atoms with van der Waals surface area (Å²) in [7, 11) is 2.75. The molecule has 3 aliphatic rings. The molecule has 0 aromatic heterocycles. The van der Waals surface area contributed by atoms with Gasteiger partial charge in [0.15, 0.2) is 0 Å². The Morgan fingerprint density at radius 2 is 0.844 bits per heavy atom. The highest BCUT2D eigenvalue weighted by Gasteiger charge is 2.37. The molecule has 4 heteroatoms. The van der Waals surface area contributed by atoms with Gasteiger partial charge in [0.25, 0.3) is 0 Å². The van der Waals surface area contributed by atoms with Gasteiger partial charge in [0, 0.05) is 12.1 Å². The van der Waals surface area contributed by atoms with Gasteiger partial charge in [-0.05, 0) is 104 Å². The van der Waals surface area contributed by atoms with E-state index in [0.717, 1.165) is 12.1 Å². The van der Waals surface area contributed by atoms with Crippen LogP contribution in [0.15, 0.2) is 43.8 Å². The summed E-state index contributed by atoms with van der Waals surface area (Å²) in [4.78, 5) is 0. The third-order valence-corrected chi connectivity index (χ3v) is 17.3. The van der Waals surface area contributed by atoms with Crippen LogP contribution in [-0.4, -0.2) is 53.2 Å². The smallest absolute Gasteiger partial charge is 0.137 e. The molecule has 32 heavy (non-hydrogen) atoms. The van der Waals surface area contributed by atoms with Crippen molar-refractivity contribution in [2.24, 2.45) is 11.8 Å². The SMILES string of the molecule is CC1=C(C)C(C)C([SiH](C)N(C)[C@H]2CC[C@H](N(C)[SiH](C)C3=C(C)C(C)=C(C)C3C)CC2)=C1C. The van der Waals surface area contributed by atoms with E-state index in [1.54, 1.807) is 43.8 Å². The molecule has 4 unspecified atom stereocenters. The second-order valence-corrected chi connectivity index (χ2v) is 16.9. The Labute approximate surface area is 202 Å². The van der Waals surface area contributed by atoms with Crippen LogP contribution < -0.4 is 0 Å². The van der Waals surface area contributed by atoms with Crippen molar-refractivity contribution in [1.29, 1.82) is 0 Å². The van der Waals surface area contributed by atoms with E-state index in [1.807, 2.05) is 0 Å². The van der Waals surface area contributed by atoms with Crippen LogP contribution in [0.25, 0.3) is 0 Å². The first-order valence-corrected chi connectivity index (χ1v) is 17.6. The molecule has 0 radical (unpaired) electrons. The molecule has 2 nitrogen and oxygen atoms in total. The van der Waals surface area contributed by atoms with Gasteiger partial charge in [0.2, 0.25) is 0 Å². The van der Waals surface area contributed by atoms with Crippen molar-refractivity contribution in [1.82, 2.24) is 9.13 Å². The Hall–Kier alpha value is -0.686. The molecule has 0 aliphatic heterocycles. The molecule has 0 bridgehead atoms. The average Bonchev–Trinajstić information content (AvgIpc) is 3.10. The predicted octanol–water partition coefficient (Wildman–Crippen LogP) is 6.55. The number of rotatable bonds is 6. The molecule has 0 N–H and O–H groups in total. The first kappa shape index (κ1) is 25.9. The van der Waals surface area contributed by atoms with E-state index in [1.165, 1.54) is 25.7 Å². The molecule has 0 heterocycles. The third-order valence-electron chi connectivity index (χ3n) is 10.3. The fourth-order valence-electron chi connectivity index (χ4n) is 7.08. The summed E-state index contributed by atoms with van der Waals surface area (Å²) in [6, 6.07) is 1.56. The monoisotopic (exact) mass is 470 g/mol. The summed E-state index contributed by atoms with van der Waals surface area (Å²) in [5.41, 5.74) is 9.58. The quantitative estimate of drug-likeness (QED) is 0.406. The zero-order valence-corrected chi connectivity index (χ0v) is 25.5. The lowest BCUT2D eigenvalue weighted by Gasteiger charge is -2.43. The first-order valence-electron chi connectivity index (χ1n) is 13.1. The molecule has 4 atom stereocenters. The molecule has 3 aliphatic carbocycles. The lowest BCUT2D eigenvalue weighted by Crippen LogP contribution is -2.50. The van der Waals surface area contributed by atoms with E-state index < -0.39 is 17.9 Å². The molecule has 1 fully saturated rings. The summed E-state index contributed by atoms with van der Waals surface area (Å²) in [6.45, 7) is 24.2. The Bertz CT molecular complexity index is 798. The molecule has 3 rings (SSSR count). The number of hydrogen-bond acceptors (Lipinski definition) is 2. The molecule has 0 aromatic rings. The second kappa shape index (κ2) is 9.89. The fourth-order valence-corrected chi connectivity index (χ4v) is 13.5. The van der Waals surface area contributed by atoms with Crippen molar-refractivity contribution >= 4 is 17.9 Å². The van der Waals surface area contributed by atoms with Gasteiger partial charge in [-0.3, -0.25) is 0 Å². The maximum absolute atomic E-state index is 2.85. The highest BCUT2D eigenvalue weighted by molar-refractivity contribution is 6.63. The Balaban J connectivity index is 1.62. The zero-order valence-electron chi connectivity index (χ0n) is 23.2. The van der Waals surface area contributed by atoms with Crippen LogP contribution in [0, 0.1) is 11.8 Å². The van der Waals surface area contributed by atoms with E-state index >= 15 is 0 Å². The number of hydrogen-bond donors (Lipinski definition) is 0. The van der Waals surface area contributed by atoms with Crippen molar-refractivity contribution in [3.8, 4) is 0 Å². The summed E-state index contributed by atoms with van der Waals surface area (Å²) < 4.78 is 5.70. The summed E-state index contributed by atoms with van der Waals surface area (Å²) >= 11 is 0. The van der Waals surface area contributed by atoms with Gasteiger partial charge in [-0.25, -0.2) is 0 Å². The van der Waals surface area contributed by atoms with Crippen LogP contribution in [0.5, 0.6) is 0 Å². The lowest BCUT2D eigenvalue weighted by atomic mass is 9.91. The standard InChI is InChI=1S/C28H50N2Si2/c1-17-18(2)22(6)27(21(17)5)31(11)29(9)25-13-15-26(16-14-25)30(10)32(12)28-23(7)19(3)20(4)24(28)8/h21,23,25-26,31-32H,13-16H2,1-12H3/t21?,23?,25-,26-,31?,32?. The maximum atomic E-state index is 2.85. The largest absolute Gasteiger partial charge is 0.323 e. The Kier molecular flexibility index (Phi) is 8.02. The summed E-state index contributed by atoms with van der Waals surface area (Å²) in [5, 5.41) is 3.61. The van der Waals surface area contributed by atoms with E-state index in [4.69, 9.17) is 0 Å². The summed E-state index contributed by atoms with van der Waals surface area (Å²) in [5.74, 6) is 1.33. The van der Waals surface area contributed by atoms with Crippen LogP contribution in [-0.2, 0) is 0 Å². The average molecular weight is 471 g/mol. The topological polar surface area (TPSA) is 6.48 Å². The highest BCUT2D eigenvalue weighted by Crippen LogP contribution is 2.41. The molecule has 0 saturated heterocycles. The lowest BCUT2D eigenvalue weighted by molar-refractivity contribution is 0.211. The van der Waals surface area contributed by atoms with Gasteiger partial charge in [-0.15, -0.1) is 0 Å². The second-order valence-electron chi connectivity index (χ2n) is 11.4. The van der Waals surface area contributed by atoms with Crippen LogP contribution in [0.2, 0.25) is 13.1 Å². The first-order chi connectivity index (χ1) is 14.9. The minimum atomic E-state index is -1.08. The van der Waals surface area contributed by atoms with Gasteiger partial charge < -0.3 is 9.13 Å². The van der Waals surface area contributed by atoms with Gasteiger partial charge >= 0.3 is 0 Å². The van der Waals surface area contributed by atoms with Crippen LogP contribution in [0.4, 0.5) is 0 Å². The molecular weight excluding hydrogens is 420 g/mol. The normalized spacial score (nSPS) is 31.7. The third kappa shape index (κ3) is 4.37. The minimum absolute atomic E-state index is 0.666. The molecule has 0 aromatic carbocycles. The van der Waals surface area contributed by atoms with Crippen LogP contribution in [0.3, 0.4) is 0 Å². The zero-order chi connectivity index (χ0) is 24.1. The van der Waals surface area contributed by atoms with Crippen molar-refractivity contribution in [2.75, 3.05) is 14.1 Å². The van der Waals surface area contributed by atoms with E-state index in [-0.39, 0.29) is 0 Å². The highest BCUT2D eigenvalue weighted by atomic mass is 28.3. The Morgan fingerprint density at radius 3 is 1.06 bits per heavy atom. The van der Waals surface area contributed by atoms with Crippen molar-refractivity contribution in [2.45, 2.75) is 106 Å². The van der Waals surface area contributed by atoms with Gasteiger partial charge in [-0.1, -0.05) is 59.6 Å². The number of nitrogens with zero attached hydrogens (tertiary/aromatic N) is 2. The van der Waals surface area contributed by atoms with Gasteiger partial charge in [0.05, 0.1) is 0 Å². The van der Waals surface area contributed by atoms with Crippen LogP contribution >= 0.6 is 0 Å². The van der Waals surface area contributed by atoms with Gasteiger partial charge in [-0.2, -0.15) is 0 Å². The maximum Gasteiger partial charge on any atom is 0.137 e. The van der Waals surface area contributed by atoms with Crippen molar-refractivity contribution in [3.05, 3.63) is 43.8 Å². The molecule has 0 amide bonds. The molecule has 0 spiro atoms. The molecule has 1 saturated carbocycles.